The Labute approximate surface area is 138 Å². The molecule has 2 aromatic rings. The number of nitrogens with zero attached hydrogens (tertiary/aromatic N) is 4. The fourth-order valence-corrected chi connectivity index (χ4v) is 3.88. The van der Waals surface area contributed by atoms with Gasteiger partial charge in [-0.05, 0) is 32.0 Å². The van der Waals surface area contributed by atoms with Crippen LogP contribution in [0.15, 0.2) is 24.3 Å². The van der Waals surface area contributed by atoms with Gasteiger partial charge in [0, 0.05) is 37.5 Å². The van der Waals surface area contributed by atoms with Gasteiger partial charge in [-0.3, -0.25) is 0 Å². The van der Waals surface area contributed by atoms with Crippen LogP contribution in [0.4, 0.5) is 5.82 Å². The van der Waals surface area contributed by atoms with E-state index in [2.05, 4.69) is 41.1 Å². The Morgan fingerprint density at radius 1 is 0.913 bits per heavy atom. The number of anilines is 1. The van der Waals surface area contributed by atoms with Gasteiger partial charge in [0.15, 0.2) is 0 Å². The maximum Gasteiger partial charge on any atom is 0.140 e. The van der Waals surface area contributed by atoms with E-state index in [0.29, 0.717) is 5.92 Å². The number of piperazine rings is 1. The summed E-state index contributed by atoms with van der Waals surface area (Å²) in [5, 5.41) is 1.21. The molecule has 0 spiro atoms. The lowest BCUT2D eigenvalue weighted by Crippen LogP contribution is -2.45. The summed E-state index contributed by atoms with van der Waals surface area (Å²) in [4.78, 5) is 14.8. The molecule has 0 bridgehead atoms. The molecule has 0 N–H and O–H groups in total. The van der Waals surface area contributed by atoms with E-state index in [1.807, 2.05) is 0 Å². The molecule has 1 aromatic carbocycles. The molecule has 4 rings (SSSR count). The predicted octanol–water partition coefficient (Wildman–Crippen LogP) is 3.43. The lowest BCUT2D eigenvalue weighted by molar-refractivity contribution is 0.312. The smallest absolute Gasteiger partial charge is 0.140 e. The third-order valence-electron chi connectivity index (χ3n) is 5.37. The lowest BCUT2D eigenvalue weighted by atomic mass is 9.88. The molecule has 1 aromatic heterocycles. The Kier molecular flexibility index (Phi) is 4.17. The molecule has 1 saturated carbocycles. The average Bonchev–Trinajstić information content (AvgIpc) is 2.62. The van der Waals surface area contributed by atoms with Crippen molar-refractivity contribution < 1.29 is 0 Å². The molecule has 4 heteroatoms. The largest absolute Gasteiger partial charge is 0.353 e. The molecule has 2 fully saturated rings. The molecule has 1 aliphatic heterocycles. The van der Waals surface area contributed by atoms with Gasteiger partial charge in [0.1, 0.15) is 11.6 Å². The van der Waals surface area contributed by atoms with Gasteiger partial charge in [-0.2, -0.15) is 0 Å². The van der Waals surface area contributed by atoms with Gasteiger partial charge in [0.2, 0.25) is 0 Å². The highest BCUT2D eigenvalue weighted by molar-refractivity contribution is 5.89. The van der Waals surface area contributed by atoms with Gasteiger partial charge in [-0.25, -0.2) is 9.97 Å². The Balaban J connectivity index is 1.74. The number of hydrogen-bond acceptors (Lipinski definition) is 4. The minimum Gasteiger partial charge on any atom is -0.353 e. The number of para-hydroxylation sites is 1. The minimum atomic E-state index is 0.555. The fraction of sp³-hybridized carbons (Fsp3) is 0.579. The van der Waals surface area contributed by atoms with Crippen LogP contribution in [0, 0.1) is 0 Å². The van der Waals surface area contributed by atoms with Crippen LogP contribution < -0.4 is 4.90 Å². The number of fused-ring (bicyclic) bond motifs is 1. The zero-order chi connectivity index (χ0) is 15.6. The topological polar surface area (TPSA) is 32.3 Å². The fourth-order valence-electron chi connectivity index (χ4n) is 3.88. The van der Waals surface area contributed by atoms with Crippen LogP contribution in [0.5, 0.6) is 0 Å². The normalized spacial score (nSPS) is 21.0. The maximum atomic E-state index is 5.07. The molecule has 122 valence electrons. The lowest BCUT2D eigenvalue weighted by Gasteiger charge is -2.34. The first-order valence-electron chi connectivity index (χ1n) is 9.01. The minimum absolute atomic E-state index is 0.555. The zero-order valence-corrected chi connectivity index (χ0v) is 14.0. The van der Waals surface area contributed by atoms with E-state index in [-0.39, 0.29) is 0 Å². The van der Waals surface area contributed by atoms with Crippen molar-refractivity contribution in [2.24, 2.45) is 0 Å². The van der Waals surface area contributed by atoms with E-state index in [1.54, 1.807) is 0 Å². The first kappa shape index (κ1) is 14.9. The van der Waals surface area contributed by atoms with Crippen LogP contribution in [0.25, 0.3) is 10.9 Å². The van der Waals surface area contributed by atoms with Crippen LogP contribution in [-0.2, 0) is 0 Å². The molecule has 0 amide bonds. The van der Waals surface area contributed by atoms with Crippen LogP contribution in [0.3, 0.4) is 0 Å². The summed E-state index contributed by atoms with van der Waals surface area (Å²) in [7, 11) is 2.20. The predicted molar refractivity (Wildman–Crippen MR) is 95.1 cm³/mol. The quantitative estimate of drug-likeness (QED) is 0.850. The van der Waals surface area contributed by atoms with E-state index < -0.39 is 0 Å². The number of hydrogen-bond donors (Lipinski definition) is 0. The van der Waals surface area contributed by atoms with E-state index in [0.717, 1.165) is 43.3 Å². The van der Waals surface area contributed by atoms with Gasteiger partial charge in [-0.15, -0.1) is 0 Å². The van der Waals surface area contributed by atoms with E-state index in [9.17, 15) is 0 Å². The Morgan fingerprint density at radius 3 is 2.43 bits per heavy atom. The molecular formula is C19H26N4. The molecule has 0 unspecified atom stereocenters. The second kappa shape index (κ2) is 6.44. The second-order valence-electron chi connectivity index (χ2n) is 7.05. The highest BCUT2D eigenvalue weighted by Crippen LogP contribution is 2.33. The highest BCUT2D eigenvalue weighted by atomic mass is 15.3. The molecule has 2 aliphatic rings. The number of benzene rings is 1. The molecule has 1 saturated heterocycles. The highest BCUT2D eigenvalue weighted by Gasteiger charge is 2.23. The van der Waals surface area contributed by atoms with Gasteiger partial charge < -0.3 is 9.80 Å². The van der Waals surface area contributed by atoms with Gasteiger partial charge >= 0.3 is 0 Å². The van der Waals surface area contributed by atoms with Crippen LogP contribution in [0.1, 0.15) is 43.8 Å². The van der Waals surface area contributed by atoms with Crippen molar-refractivity contribution in [2.45, 2.75) is 38.0 Å². The first-order valence-corrected chi connectivity index (χ1v) is 9.01. The molecule has 0 atom stereocenters. The number of likely N-dealkylation sites (N-methyl/N-ethyl adjacent to an activating group) is 1. The number of rotatable bonds is 2. The average molecular weight is 310 g/mol. The monoisotopic (exact) mass is 310 g/mol. The van der Waals surface area contributed by atoms with Crippen molar-refractivity contribution in [3.63, 3.8) is 0 Å². The summed E-state index contributed by atoms with van der Waals surface area (Å²) >= 11 is 0. The summed E-state index contributed by atoms with van der Waals surface area (Å²) in [5.74, 6) is 2.79. The van der Waals surface area contributed by atoms with Crippen molar-refractivity contribution in [2.75, 3.05) is 38.1 Å². The van der Waals surface area contributed by atoms with Crippen molar-refractivity contribution in [3.05, 3.63) is 30.1 Å². The summed E-state index contributed by atoms with van der Waals surface area (Å²) < 4.78 is 0. The van der Waals surface area contributed by atoms with Crippen LogP contribution in [0.2, 0.25) is 0 Å². The molecule has 23 heavy (non-hydrogen) atoms. The summed E-state index contributed by atoms with van der Waals surface area (Å²) in [6.45, 7) is 4.33. The Hall–Kier alpha value is -1.68. The third kappa shape index (κ3) is 3.05. The van der Waals surface area contributed by atoms with Gasteiger partial charge in [-0.1, -0.05) is 31.4 Å². The molecule has 0 radical (unpaired) electrons. The van der Waals surface area contributed by atoms with Crippen LogP contribution in [-0.4, -0.2) is 48.1 Å². The molecular weight excluding hydrogens is 284 g/mol. The maximum absolute atomic E-state index is 5.07. The van der Waals surface area contributed by atoms with Crippen molar-refractivity contribution in [1.29, 1.82) is 0 Å². The summed E-state index contributed by atoms with van der Waals surface area (Å²) in [6.07, 6.45) is 6.52. The van der Waals surface area contributed by atoms with Crippen LogP contribution >= 0.6 is 0 Å². The molecule has 1 aliphatic carbocycles. The van der Waals surface area contributed by atoms with Crippen molar-refractivity contribution >= 4 is 16.7 Å². The number of aromatic nitrogens is 2. The summed E-state index contributed by atoms with van der Waals surface area (Å²) in [5.41, 5.74) is 1.11. The summed E-state index contributed by atoms with van der Waals surface area (Å²) in [6, 6.07) is 8.51. The van der Waals surface area contributed by atoms with E-state index in [4.69, 9.17) is 9.97 Å². The van der Waals surface area contributed by atoms with Gasteiger partial charge in [0.25, 0.3) is 0 Å². The molecule has 4 nitrogen and oxygen atoms in total. The first-order chi connectivity index (χ1) is 11.3. The second-order valence-corrected chi connectivity index (χ2v) is 7.05. The van der Waals surface area contributed by atoms with E-state index >= 15 is 0 Å². The van der Waals surface area contributed by atoms with E-state index in [1.165, 1.54) is 37.5 Å². The SMILES string of the molecule is CN1CCN(c2nc(C3CCCCC3)nc3ccccc23)CC1. The Bertz CT molecular complexity index is 670. The van der Waals surface area contributed by atoms with Crippen molar-refractivity contribution in [3.8, 4) is 0 Å². The van der Waals surface area contributed by atoms with Gasteiger partial charge in [0.05, 0.1) is 5.52 Å². The third-order valence-corrected chi connectivity index (χ3v) is 5.37. The molecule has 2 heterocycles. The standard InChI is InChI=1S/C19H26N4/c1-22-11-13-23(14-12-22)19-16-9-5-6-10-17(16)20-18(21-19)15-7-3-2-4-8-15/h5-6,9-10,15H,2-4,7-8,11-14H2,1H3. The zero-order valence-electron chi connectivity index (χ0n) is 14.0. The van der Waals surface area contributed by atoms with Crippen molar-refractivity contribution in [1.82, 2.24) is 14.9 Å². The Morgan fingerprint density at radius 2 is 1.65 bits per heavy atom.